The first-order valence-corrected chi connectivity index (χ1v) is 17.9. The number of amides is 2. The first kappa shape index (κ1) is 41.1. The van der Waals surface area contributed by atoms with Crippen molar-refractivity contribution in [3.8, 4) is 11.5 Å². The zero-order chi connectivity index (χ0) is 41.3. The highest BCUT2D eigenvalue weighted by Crippen LogP contribution is 2.29. The van der Waals surface area contributed by atoms with Gasteiger partial charge in [0, 0.05) is 39.6 Å². The zero-order valence-electron chi connectivity index (χ0n) is 29.8. The van der Waals surface area contributed by atoms with Crippen LogP contribution in [0.15, 0.2) is 130 Å². The van der Waals surface area contributed by atoms with Crippen LogP contribution in [0.4, 0.5) is 33.3 Å². The van der Waals surface area contributed by atoms with Gasteiger partial charge in [0.05, 0.1) is 0 Å². The summed E-state index contributed by atoms with van der Waals surface area (Å²) in [5.74, 6) is -4.46. The zero-order valence-corrected chi connectivity index (χ0v) is 31.3. The Morgan fingerprint density at radius 1 is 0.552 bits per heavy atom. The number of para-hydroxylation sites is 2. The van der Waals surface area contributed by atoms with Gasteiger partial charge in [-0.15, -0.1) is 0 Å². The number of hydrogen-bond donors (Lipinski definition) is 3. The molecule has 5 aromatic carbocycles. The molecule has 0 aliphatic heterocycles. The van der Waals surface area contributed by atoms with Crippen molar-refractivity contribution in [3.05, 3.63) is 200 Å². The van der Waals surface area contributed by atoms with Gasteiger partial charge in [0.15, 0.2) is 11.5 Å². The molecule has 58 heavy (non-hydrogen) atoms. The van der Waals surface area contributed by atoms with E-state index in [-0.39, 0.29) is 42.5 Å². The van der Waals surface area contributed by atoms with Crippen LogP contribution in [-0.4, -0.2) is 16.9 Å². The molecule has 0 saturated carbocycles. The molecule has 2 heterocycles. The van der Waals surface area contributed by atoms with Gasteiger partial charge in [-0.05, 0) is 91.0 Å². The Morgan fingerprint density at radius 3 is 1.55 bits per heavy atom. The predicted octanol–water partition coefficient (Wildman–Crippen LogP) is 11.5. The maximum Gasteiger partial charge on any atom is 0.291 e. The minimum absolute atomic E-state index is 0.0152. The molecule has 2 aromatic heterocycles. The van der Waals surface area contributed by atoms with Crippen molar-refractivity contribution < 1.29 is 50.2 Å². The summed E-state index contributed by atoms with van der Waals surface area (Å²) in [6.07, 6.45) is 0.419. The largest absolute Gasteiger partial charge is 0.508 e. The minimum Gasteiger partial charge on any atom is -0.508 e. The van der Waals surface area contributed by atoms with Crippen LogP contribution in [0, 0.1) is 29.1 Å². The topological polar surface area (TPSA) is 114 Å². The molecule has 0 aliphatic rings. The lowest BCUT2D eigenvalue weighted by atomic mass is 10.1. The average molecular weight is 836 g/mol. The number of rotatable bonds is 11. The van der Waals surface area contributed by atoms with Gasteiger partial charge in [-0.3, -0.25) is 9.59 Å². The normalized spacial score (nSPS) is 10.7. The summed E-state index contributed by atoms with van der Waals surface area (Å²) in [5, 5.41) is 15.0. The Labute approximate surface area is 337 Å². The molecule has 0 aliphatic carbocycles. The van der Waals surface area contributed by atoms with E-state index in [1.165, 1.54) is 42.5 Å². The predicted molar refractivity (Wildman–Crippen MR) is 207 cm³/mol. The summed E-state index contributed by atoms with van der Waals surface area (Å²) < 4.78 is 85.3. The summed E-state index contributed by atoms with van der Waals surface area (Å²) >= 11 is 12.0. The van der Waals surface area contributed by atoms with Crippen molar-refractivity contribution in [1.29, 1.82) is 0 Å². The number of carbonyl (C=O) groups excluding carboxylic acids is 2. The molecule has 8 nitrogen and oxygen atoms in total. The summed E-state index contributed by atoms with van der Waals surface area (Å²) in [5.41, 5.74) is 0.474. The molecular weight excluding hydrogens is 806 g/mol. The minimum atomic E-state index is -0.897. The molecule has 15 heteroatoms. The molecule has 7 aromatic rings. The summed E-state index contributed by atoms with van der Waals surface area (Å²) in [4.78, 5) is 24.5. The molecule has 296 valence electrons. The Kier molecular flexibility index (Phi) is 13.2. The average Bonchev–Trinajstić information content (AvgIpc) is 3.87. The number of carbonyl (C=O) groups is 2. The van der Waals surface area contributed by atoms with Gasteiger partial charge in [-0.25, -0.2) is 22.0 Å². The van der Waals surface area contributed by atoms with E-state index >= 15 is 0 Å². The Hall–Kier alpha value is -6.57. The van der Waals surface area contributed by atoms with Gasteiger partial charge in [0.1, 0.15) is 70.1 Å². The lowest BCUT2D eigenvalue weighted by molar-refractivity contribution is 0.0987. The van der Waals surface area contributed by atoms with Crippen molar-refractivity contribution in [2.45, 2.75) is 19.4 Å². The van der Waals surface area contributed by atoms with Crippen molar-refractivity contribution in [3.63, 3.8) is 0 Å². The number of aromatic hydroxyl groups is 1. The number of benzene rings is 5. The van der Waals surface area contributed by atoms with Crippen LogP contribution < -0.4 is 15.4 Å². The first-order valence-electron chi connectivity index (χ1n) is 17.1. The number of ether oxygens (including phenoxy) is 1. The summed E-state index contributed by atoms with van der Waals surface area (Å²) in [6, 6.07) is 28.3. The van der Waals surface area contributed by atoms with E-state index in [0.717, 1.165) is 24.3 Å². The molecule has 3 N–H and O–H groups in total. The highest BCUT2D eigenvalue weighted by atomic mass is 35.5. The maximum atomic E-state index is 13.9. The number of furan rings is 2. The number of phenolic OH excluding ortho intramolecular Hbond substituents is 1. The van der Waals surface area contributed by atoms with Gasteiger partial charge in [0.25, 0.3) is 11.8 Å². The number of anilines is 2. The number of phenols is 1. The van der Waals surface area contributed by atoms with Crippen LogP contribution in [0.5, 0.6) is 11.5 Å². The van der Waals surface area contributed by atoms with Crippen molar-refractivity contribution >= 4 is 46.4 Å². The van der Waals surface area contributed by atoms with Crippen LogP contribution in [0.2, 0.25) is 10.0 Å². The molecule has 7 rings (SSSR count). The quantitative estimate of drug-likeness (QED) is 0.112. The first-order chi connectivity index (χ1) is 27.8. The van der Waals surface area contributed by atoms with Gasteiger partial charge in [-0.1, -0.05) is 53.5 Å². The number of halogens is 7. The highest BCUT2D eigenvalue weighted by molar-refractivity contribution is 6.31. The fourth-order valence-electron chi connectivity index (χ4n) is 5.44. The Balaban J connectivity index is 0.000000203. The molecule has 0 radical (unpaired) electrons. The van der Waals surface area contributed by atoms with Gasteiger partial charge < -0.3 is 29.3 Å². The second-order valence-corrected chi connectivity index (χ2v) is 13.3. The number of nitrogens with one attached hydrogen (secondary N) is 2. The third kappa shape index (κ3) is 10.4. The number of hydrogen-bond acceptors (Lipinski definition) is 6. The van der Waals surface area contributed by atoms with E-state index in [4.69, 9.17) is 36.8 Å². The van der Waals surface area contributed by atoms with Gasteiger partial charge in [-0.2, -0.15) is 0 Å². The van der Waals surface area contributed by atoms with Crippen LogP contribution in [0.1, 0.15) is 49.3 Å². The summed E-state index contributed by atoms with van der Waals surface area (Å²) in [7, 11) is 0. The Morgan fingerprint density at radius 2 is 1.02 bits per heavy atom. The van der Waals surface area contributed by atoms with Crippen LogP contribution >= 0.6 is 23.2 Å². The molecular formula is C43H29Cl2F5N2O6. The van der Waals surface area contributed by atoms with Crippen molar-refractivity contribution in [2.75, 3.05) is 10.6 Å². The van der Waals surface area contributed by atoms with Crippen LogP contribution in [0.25, 0.3) is 0 Å². The Bertz CT molecular complexity index is 2550. The van der Waals surface area contributed by atoms with Crippen LogP contribution in [-0.2, 0) is 19.4 Å². The van der Waals surface area contributed by atoms with E-state index in [0.29, 0.717) is 44.0 Å². The molecule has 0 spiro atoms. The third-order valence-electron chi connectivity index (χ3n) is 8.31. The van der Waals surface area contributed by atoms with Gasteiger partial charge >= 0.3 is 0 Å². The maximum absolute atomic E-state index is 13.9. The van der Waals surface area contributed by atoms with Crippen molar-refractivity contribution in [1.82, 2.24) is 0 Å². The molecule has 0 bridgehead atoms. The molecule has 2 amide bonds. The van der Waals surface area contributed by atoms with E-state index < -0.39 is 46.5 Å². The molecule has 0 unspecified atom stereocenters. The lowest BCUT2D eigenvalue weighted by Gasteiger charge is -2.12. The lowest BCUT2D eigenvalue weighted by Crippen LogP contribution is -2.13. The van der Waals surface area contributed by atoms with Crippen LogP contribution in [0.3, 0.4) is 0 Å². The van der Waals surface area contributed by atoms with E-state index in [9.17, 15) is 36.6 Å². The second kappa shape index (κ2) is 18.6. The fraction of sp³-hybridized carbons (Fsp3) is 0.0698. The molecule has 0 saturated heterocycles. The summed E-state index contributed by atoms with van der Waals surface area (Å²) in [6.45, 7) is 0.0152. The SMILES string of the molecule is O=C(Nc1c(F)cccc1F)c1ccc(Cc2cc(Cl)ccc2O)o1.O=C(Nc1c(F)cccc1F)c1ccc(Cc2cc(Cl)ccc2OCc2ccccc2F)o1. The van der Waals surface area contributed by atoms with E-state index in [1.54, 1.807) is 54.6 Å². The molecule has 0 atom stereocenters. The third-order valence-corrected chi connectivity index (χ3v) is 8.78. The standard InChI is InChI=1S/C25H17ClF3NO3.C18H12ClF2NO3/c26-17-8-10-22(32-14-15-4-1-2-5-19(15)27)16(12-17)13-18-9-11-23(33-18)25(31)30-24-20(28)6-3-7-21(24)29;19-11-4-6-15(23)10(8-11)9-12-5-7-16(25-12)18(24)22-17-13(20)2-1-3-14(17)21/h1-12H,13-14H2,(H,30,31);1-8,23H,9H2,(H,22,24). The van der Waals surface area contributed by atoms with E-state index in [2.05, 4.69) is 10.6 Å². The van der Waals surface area contributed by atoms with Crippen molar-refractivity contribution in [2.24, 2.45) is 0 Å². The van der Waals surface area contributed by atoms with Gasteiger partial charge in [0.2, 0.25) is 0 Å². The highest BCUT2D eigenvalue weighted by Gasteiger charge is 2.19. The monoisotopic (exact) mass is 834 g/mol. The smallest absolute Gasteiger partial charge is 0.291 e. The second-order valence-electron chi connectivity index (χ2n) is 12.4. The van der Waals surface area contributed by atoms with E-state index in [1.807, 2.05) is 0 Å². The molecule has 0 fully saturated rings. The fourth-order valence-corrected chi connectivity index (χ4v) is 5.83.